The van der Waals surface area contributed by atoms with Crippen LogP contribution in [0.3, 0.4) is 0 Å². The molecule has 1 unspecified atom stereocenters. The molecule has 120 valence electrons. The van der Waals surface area contributed by atoms with Gasteiger partial charge < -0.3 is 15.7 Å². The number of rotatable bonds is 2. The zero-order chi connectivity index (χ0) is 16.6. The molecule has 5 nitrogen and oxygen atoms in total. The van der Waals surface area contributed by atoms with Crippen molar-refractivity contribution in [3.05, 3.63) is 46.6 Å². The zero-order valence-corrected chi connectivity index (χ0v) is 13.5. The largest absolute Gasteiger partial charge is 0.396 e. The molecule has 1 aromatic rings. The first-order valence-corrected chi connectivity index (χ1v) is 7.84. The number of aliphatic hydroxyl groups is 1. The van der Waals surface area contributed by atoms with Crippen molar-refractivity contribution in [2.45, 2.75) is 19.4 Å². The van der Waals surface area contributed by atoms with E-state index < -0.39 is 0 Å². The predicted molar refractivity (Wildman–Crippen MR) is 92.2 cm³/mol. The number of hydrogen-bond acceptors (Lipinski definition) is 5. The molecule has 0 radical (unpaired) electrons. The number of anilines is 1. The van der Waals surface area contributed by atoms with Crippen molar-refractivity contribution in [3.63, 3.8) is 0 Å². The molecule has 2 aliphatic rings. The highest BCUT2D eigenvalue weighted by molar-refractivity contribution is 6.49. The van der Waals surface area contributed by atoms with Gasteiger partial charge in [0, 0.05) is 24.4 Å². The van der Waals surface area contributed by atoms with Gasteiger partial charge in [-0.15, -0.1) is 0 Å². The Balaban J connectivity index is 1.84. The van der Waals surface area contributed by atoms with Gasteiger partial charge in [-0.1, -0.05) is 11.6 Å². The van der Waals surface area contributed by atoms with Crippen LogP contribution in [0, 0.1) is 0 Å². The summed E-state index contributed by atoms with van der Waals surface area (Å²) in [4.78, 5) is 18.3. The smallest absolute Gasteiger partial charge is 0.202 e. The fourth-order valence-corrected chi connectivity index (χ4v) is 2.95. The van der Waals surface area contributed by atoms with Crippen molar-refractivity contribution in [1.82, 2.24) is 0 Å². The first kappa shape index (κ1) is 15.8. The van der Waals surface area contributed by atoms with Gasteiger partial charge in [-0.3, -0.25) is 4.79 Å². The molecule has 3 rings (SSSR count). The van der Waals surface area contributed by atoms with E-state index in [1.807, 2.05) is 24.3 Å². The number of benzene rings is 1. The maximum Gasteiger partial charge on any atom is 0.202 e. The third-order valence-corrected chi connectivity index (χ3v) is 4.43. The minimum absolute atomic E-state index is 0.0198. The Kier molecular flexibility index (Phi) is 4.24. The maximum atomic E-state index is 11.7. The quantitative estimate of drug-likeness (QED) is 0.815. The average Bonchev–Trinajstić information content (AvgIpc) is 2.98. The van der Waals surface area contributed by atoms with Crippen molar-refractivity contribution in [3.8, 4) is 0 Å². The van der Waals surface area contributed by atoms with Gasteiger partial charge in [0.25, 0.3) is 0 Å². The lowest BCUT2D eigenvalue weighted by atomic mass is 10.0. The molecule has 1 fully saturated rings. The number of halogens is 1. The molecule has 1 saturated heterocycles. The molecule has 3 N–H and O–H groups in total. The molecule has 1 aromatic carbocycles. The summed E-state index contributed by atoms with van der Waals surface area (Å²) in [5, 5.41) is 9.62. The summed E-state index contributed by atoms with van der Waals surface area (Å²) in [6.07, 6.45) is 2.19. The minimum Gasteiger partial charge on any atom is -0.396 e. The molecule has 1 aliphatic carbocycles. The molecular formula is C17H18ClN3O2. The number of allylic oxidation sites excluding steroid dienone is 3. The maximum absolute atomic E-state index is 11.7. The number of β-amino-alcohol motifs (C(OH)–C–C–N with tert-alkyl or cyclic N) is 1. The van der Waals surface area contributed by atoms with Crippen LogP contribution in [0.25, 0.3) is 0 Å². The first-order chi connectivity index (χ1) is 11.0. The molecule has 1 heterocycles. The Morgan fingerprint density at radius 1 is 1.35 bits per heavy atom. The lowest BCUT2D eigenvalue weighted by Gasteiger charge is -2.18. The van der Waals surface area contributed by atoms with Crippen LogP contribution in [-0.4, -0.2) is 35.8 Å². The van der Waals surface area contributed by atoms with Gasteiger partial charge in [-0.25, -0.2) is 4.99 Å². The number of ketones is 1. The second kappa shape index (κ2) is 6.18. The van der Waals surface area contributed by atoms with Crippen LogP contribution in [0.5, 0.6) is 0 Å². The fraction of sp³-hybridized carbons (Fsp3) is 0.294. The number of aliphatic hydroxyl groups excluding tert-OH is 1. The van der Waals surface area contributed by atoms with Gasteiger partial charge in [0.05, 0.1) is 23.2 Å². The van der Waals surface area contributed by atoms with Crippen molar-refractivity contribution in [2.24, 2.45) is 10.7 Å². The minimum atomic E-state index is -0.258. The predicted octanol–water partition coefficient (Wildman–Crippen LogP) is 2.27. The van der Waals surface area contributed by atoms with Crippen LogP contribution in [-0.2, 0) is 4.79 Å². The SMILES string of the molecule is CC1=C/C(=N\c2ccc(N3CCC(O)C3)cc2)C(N)=C(Cl)C1=O. The van der Waals surface area contributed by atoms with E-state index in [1.165, 1.54) is 0 Å². The second-order valence-electron chi connectivity index (χ2n) is 5.79. The molecule has 0 spiro atoms. The number of nitrogens with zero attached hydrogens (tertiary/aromatic N) is 2. The number of hydrogen-bond donors (Lipinski definition) is 2. The molecule has 1 atom stereocenters. The molecule has 23 heavy (non-hydrogen) atoms. The van der Waals surface area contributed by atoms with E-state index in [-0.39, 0.29) is 22.6 Å². The highest BCUT2D eigenvalue weighted by Crippen LogP contribution is 2.26. The van der Waals surface area contributed by atoms with Gasteiger partial charge in [-0.2, -0.15) is 0 Å². The van der Waals surface area contributed by atoms with Gasteiger partial charge in [-0.05, 0) is 43.7 Å². The molecule has 1 aliphatic heterocycles. The van der Waals surface area contributed by atoms with Crippen LogP contribution in [0.2, 0.25) is 0 Å². The van der Waals surface area contributed by atoms with Crippen LogP contribution >= 0.6 is 11.6 Å². The summed E-state index contributed by atoms with van der Waals surface area (Å²) >= 11 is 5.95. The summed E-state index contributed by atoms with van der Waals surface area (Å²) in [5.74, 6) is -0.258. The number of carbonyl (C=O) groups is 1. The molecular weight excluding hydrogens is 314 g/mol. The monoisotopic (exact) mass is 331 g/mol. The number of nitrogens with two attached hydrogens (primary N) is 1. The average molecular weight is 332 g/mol. The van der Waals surface area contributed by atoms with Crippen molar-refractivity contribution >= 4 is 34.5 Å². The van der Waals surface area contributed by atoms with Crippen LogP contribution < -0.4 is 10.6 Å². The van der Waals surface area contributed by atoms with E-state index in [4.69, 9.17) is 17.3 Å². The lowest BCUT2D eigenvalue weighted by Crippen LogP contribution is -2.21. The topological polar surface area (TPSA) is 78.9 Å². The summed E-state index contributed by atoms with van der Waals surface area (Å²) in [6.45, 7) is 3.20. The lowest BCUT2D eigenvalue weighted by molar-refractivity contribution is -0.111. The molecule has 0 saturated carbocycles. The van der Waals surface area contributed by atoms with E-state index in [0.717, 1.165) is 24.3 Å². The van der Waals surface area contributed by atoms with Crippen LogP contribution in [0.15, 0.2) is 51.6 Å². The van der Waals surface area contributed by atoms with Crippen LogP contribution in [0.1, 0.15) is 13.3 Å². The first-order valence-electron chi connectivity index (χ1n) is 7.46. The zero-order valence-electron chi connectivity index (χ0n) is 12.8. The van der Waals surface area contributed by atoms with Crippen molar-refractivity contribution in [2.75, 3.05) is 18.0 Å². The van der Waals surface area contributed by atoms with E-state index in [0.29, 0.717) is 17.8 Å². The number of carbonyl (C=O) groups excluding carboxylic acids is 1. The van der Waals surface area contributed by atoms with E-state index in [1.54, 1.807) is 13.0 Å². The molecule has 0 aromatic heterocycles. The van der Waals surface area contributed by atoms with Gasteiger partial charge in [0.1, 0.15) is 5.03 Å². The Morgan fingerprint density at radius 3 is 2.65 bits per heavy atom. The third kappa shape index (κ3) is 3.16. The molecule has 0 amide bonds. The molecule has 0 bridgehead atoms. The fourth-order valence-electron chi connectivity index (χ4n) is 2.70. The van der Waals surface area contributed by atoms with Crippen molar-refractivity contribution in [1.29, 1.82) is 0 Å². The Morgan fingerprint density at radius 2 is 2.04 bits per heavy atom. The highest BCUT2D eigenvalue weighted by atomic mass is 35.5. The van der Waals surface area contributed by atoms with Gasteiger partial charge >= 0.3 is 0 Å². The van der Waals surface area contributed by atoms with Crippen molar-refractivity contribution < 1.29 is 9.90 Å². The number of aliphatic imine (C=N–C) groups is 1. The van der Waals surface area contributed by atoms with Gasteiger partial charge in [0.2, 0.25) is 5.78 Å². The van der Waals surface area contributed by atoms with Crippen LogP contribution in [0.4, 0.5) is 11.4 Å². The normalized spacial score (nSPS) is 23.7. The summed E-state index contributed by atoms with van der Waals surface area (Å²) in [6, 6.07) is 7.69. The summed E-state index contributed by atoms with van der Waals surface area (Å²) in [5.41, 5.74) is 8.89. The third-order valence-electron chi connectivity index (χ3n) is 4.05. The van der Waals surface area contributed by atoms with Gasteiger partial charge in [0.15, 0.2) is 0 Å². The highest BCUT2D eigenvalue weighted by Gasteiger charge is 2.22. The van der Waals surface area contributed by atoms with E-state index in [2.05, 4.69) is 9.89 Å². The summed E-state index contributed by atoms with van der Waals surface area (Å²) in [7, 11) is 0. The Bertz CT molecular complexity index is 735. The number of Topliss-reactive ketones (excluding diaryl/α,β-unsaturated/α-hetero) is 1. The standard InChI is InChI=1S/C17H18ClN3O2/c1-10-8-14(16(19)15(18)17(10)23)20-11-2-4-12(5-3-11)21-7-6-13(22)9-21/h2-5,8,13,22H,6-7,9,19H2,1H3/b20-14+. The second-order valence-corrected chi connectivity index (χ2v) is 6.16. The van der Waals surface area contributed by atoms with E-state index in [9.17, 15) is 9.90 Å². The van der Waals surface area contributed by atoms with E-state index >= 15 is 0 Å². The Hall–Kier alpha value is -2.11. The summed E-state index contributed by atoms with van der Waals surface area (Å²) < 4.78 is 0. The Labute approximate surface area is 139 Å². The molecule has 6 heteroatoms.